The van der Waals surface area contributed by atoms with Crippen LogP contribution in [0.3, 0.4) is 0 Å². The van der Waals surface area contributed by atoms with Crippen molar-refractivity contribution in [3.63, 3.8) is 0 Å². The van der Waals surface area contributed by atoms with Crippen molar-refractivity contribution in [1.29, 1.82) is 0 Å². The molecule has 1 aromatic carbocycles. The van der Waals surface area contributed by atoms with Crippen LogP contribution in [0.15, 0.2) is 41.3 Å². The maximum atomic E-state index is 12.3. The molecule has 0 saturated carbocycles. The summed E-state index contributed by atoms with van der Waals surface area (Å²) < 4.78 is 29.1. The fourth-order valence-electron chi connectivity index (χ4n) is 1.50. The van der Waals surface area contributed by atoms with Gasteiger partial charge in [-0.1, -0.05) is 18.7 Å². The van der Waals surface area contributed by atoms with Crippen LogP contribution >= 0.6 is 0 Å². The Kier molecular flexibility index (Phi) is 4.85. The number of ether oxygens (including phenoxy) is 1. The summed E-state index contributed by atoms with van der Waals surface area (Å²) in [6.07, 6.45) is 0. The number of benzene rings is 1. The third kappa shape index (κ3) is 3.21. The number of esters is 1. The van der Waals surface area contributed by atoms with Gasteiger partial charge in [-0.3, -0.25) is 0 Å². The molecule has 5 nitrogen and oxygen atoms in total. The summed E-state index contributed by atoms with van der Waals surface area (Å²) in [6, 6.07) is 6.22. The van der Waals surface area contributed by atoms with Gasteiger partial charge in [0.25, 0.3) is 0 Å². The van der Waals surface area contributed by atoms with Gasteiger partial charge in [0.1, 0.15) is 0 Å². The molecule has 6 heteroatoms. The highest BCUT2D eigenvalue weighted by Gasteiger charge is 2.29. The molecule has 1 rings (SSSR count). The smallest absolute Gasteiger partial charge is 0.334 e. The van der Waals surface area contributed by atoms with Gasteiger partial charge < -0.3 is 10.5 Å². The van der Waals surface area contributed by atoms with Crippen LogP contribution in [0.4, 0.5) is 0 Å². The lowest BCUT2D eigenvalue weighted by Gasteiger charge is -2.14. The third-order valence-electron chi connectivity index (χ3n) is 2.89. The third-order valence-corrected chi connectivity index (χ3v) is 5.04. The van der Waals surface area contributed by atoms with Crippen LogP contribution in [0.2, 0.25) is 0 Å². The average molecular weight is 283 g/mol. The van der Waals surface area contributed by atoms with Gasteiger partial charge in [0.15, 0.2) is 9.84 Å². The number of carbonyl (C=O) groups excluding carboxylic acids is 1. The number of nitrogens with two attached hydrogens (primary N) is 1. The zero-order valence-electron chi connectivity index (χ0n) is 10.9. The quantitative estimate of drug-likeness (QED) is 0.644. The van der Waals surface area contributed by atoms with Gasteiger partial charge in [-0.2, -0.15) is 0 Å². The molecule has 0 heterocycles. The van der Waals surface area contributed by atoms with Gasteiger partial charge in [0.2, 0.25) is 0 Å². The molecule has 1 atom stereocenters. The first-order chi connectivity index (χ1) is 8.84. The van der Waals surface area contributed by atoms with Gasteiger partial charge in [-0.25, -0.2) is 13.2 Å². The van der Waals surface area contributed by atoms with Crippen molar-refractivity contribution in [3.8, 4) is 0 Å². The van der Waals surface area contributed by atoms with Gasteiger partial charge in [-0.15, -0.1) is 0 Å². The lowest BCUT2D eigenvalue weighted by molar-refractivity contribution is -0.136. The Hall–Kier alpha value is -1.66. The molecule has 1 aromatic rings. The predicted octanol–water partition coefficient (Wildman–Crippen LogP) is 1.04. The fourth-order valence-corrected chi connectivity index (χ4v) is 2.90. The van der Waals surface area contributed by atoms with Gasteiger partial charge in [-0.05, 0) is 24.6 Å². The van der Waals surface area contributed by atoms with Gasteiger partial charge in [0.05, 0.1) is 17.3 Å². The lowest BCUT2D eigenvalue weighted by Crippen LogP contribution is -2.25. The van der Waals surface area contributed by atoms with Crippen molar-refractivity contribution in [2.75, 3.05) is 7.11 Å². The lowest BCUT2D eigenvalue weighted by atomic mass is 10.2. The molecule has 0 bridgehead atoms. The fraction of sp³-hybridized carbons (Fsp3) is 0.308. The number of methoxy groups -OCH3 is 1. The molecule has 0 aliphatic heterocycles. The van der Waals surface area contributed by atoms with Crippen LogP contribution in [0.1, 0.15) is 12.5 Å². The molecule has 104 valence electrons. The summed E-state index contributed by atoms with van der Waals surface area (Å²) in [4.78, 5) is 11.5. The summed E-state index contributed by atoms with van der Waals surface area (Å²) >= 11 is 0. The molecule has 0 radical (unpaired) electrons. The number of hydrogen-bond acceptors (Lipinski definition) is 5. The highest BCUT2D eigenvalue weighted by molar-refractivity contribution is 7.92. The van der Waals surface area contributed by atoms with Crippen LogP contribution in [0, 0.1) is 0 Å². The Labute approximate surface area is 113 Å². The molecule has 0 spiro atoms. The minimum Gasteiger partial charge on any atom is -0.466 e. The van der Waals surface area contributed by atoms with E-state index >= 15 is 0 Å². The van der Waals surface area contributed by atoms with Gasteiger partial charge >= 0.3 is 5.97 Å². The maximum Gasteiger partial charge on any atom is 0.334 e. The van der Waals surface area contributed by atoms with Crippen LogP contribution in [-0.4, -0.2) is 26.7 Å². The van der Waals surface area contributed by atoms with Crippen molar-refractivity contribution in [3.05, 3.63) is 42.0 Å². The first kappa shape index (κ1) is 15.4. The topological polar surface area (TPSA) is 86.5 Å². The Balaban J connectivity index is 3.09. The Bertz CT molecular complexity index is 575. The van der Waals surface area contributed by atoms with Crippen molar-refractivity contribution in [2.45, 2.75) is 23.6 Å². The van der Waals surface area contributed by atoms with E-state index in [1.165, 1.54) is 26.2 Å². The molecule has 19 heavy (non-hydrogen) atoms. The molecule has 0 aliphatic carbocycles. The number of sulfone groups is 1. The van der Waals surface area contributed by atoms with Crippen molar-refractivity contribution >= 4 is 15.8 Å². The largest absolute Gasteiger partial charge is 0.466 e. The van der Waals surface area contributed by atoms with Crippen molar-refractivity contribution in [2.24, 2.45) is 5.73 Å². The number of hydrogen-bond donors (Lipinski definition) is 1. The molecule has 1 unspecified atom stereocenters. The summed E-state index contributed by atoms with van der Waals surface area (Å²) in [5, 5.41) is -1.04. The Morgan fingerprint density at radius 2 is 1.89 bits per heavy atom. The van der Waals surface area contributed by atoms with Crippen LogP contribution in [-0.2, 0) is 25.9 Å². The molecular formula is C13H17NO4S. The van der Waals surface area contributed by atoms with Crippen LogP contribution in [0.25, 0.3) is 0 Å². The molecular weight excluding hydrogens is 266 g/mol. The van der Waals surface area contributed by atoms with E-state index in [1.807, 2.05) is 0 Å². The second kappa shape index (κ2) is 5.99. The number of rotatable bonds is 5. The van der Waals surface area contributed by atoms with E-state index in [1.54, 1.807) is 12.1 Å². The Morgan fingerprint density at radius 3 is 2.32 bits per heavy atom. The normalized spacial score (nSPS) is 12.8. The molecule has 0 saturated heterocycles. The summed E-state index contributed by atoms with van der Waals surface area (Å²) in [7, 11) is -2.48. The minimum absolute atomic E-state index is 0.0922. The molecule has 0 aliphatic rings. The maximum absolute atomic E-state index is 12.3. The first-order valence-corrected chi connectivity index (χ1v) is 7.19. The number of carbonyl (C=O) groups is 1. The Morgan fingerprint density at radius 1 is 1.37 bits per heavy atom. The summed E-state index contributed by atoms with van der Waals surface area (Å²) in [5.74, 6) is -0.727. The molecule has 2 N–H and O–H groups in total. The standard InChI is InChI=1S/C13H17NO4S/c1-9(13(15)18-3)10(2)19(16,17)12-6-4-11(8-14)5-7-12/h4-7,10H,1,8,14H2,2-3H3. The zero-order valence-corrected chi connectivity index (χ0v) is 11.7. The van der Waals surface area contributed by atoms with Crippen LogP contribution < -0.4 is 5.73 Å². The van der Waals surface area contributed by atoms with Gasteiger partial charge in [0, 0.05) is 12.1 Å². The highest BCUT2D eigenvalue weighted by atomic mass is 32.2. The zero-order chi connectivity index (χ0) is 14.6. The van der Waals surface area contributed by atoms with E-state index in [0.29, 0.717) is 6.54 Å². The van der Waals surface area contributed by atoms with E-state index in [0.717, 1.165) is 5.56 Å². The molecule has 0 amide bonds. The first-order valence-electron chi connectivity index (χ1n) is 5.64. The second-order valence-corrected chi connectivity index (χ2v) is 6.32. The SMILES string of the molecule is C=C(C(=O)OC)C(C)S(=O)(=O)c1ccc(CN)cc1. The monoisotopic (exact) mass is 283 g/mol. The van der Waals surface area contributed by atoms with E-state index < -0.39 is 21.1 Å². The average Bonchev–Trinajstić information content (AvgIpc) is 2.44. The summed E-state index contributed by atoms with van der Waals surface area (Å²) in [6.45, 7) is 5.22. The van der Waals surface area contributed by atoms with Crippen LogP contribution in [0.5, 0.6) is 0 Å². The van der Waals surface area contributed by atoms with Crippen molar-refractivity contribution in [1.82, 2.24) is 0 Å². The minimum atomic E-state index is -3.66. The molecule has 0 fully saturated rings. The predicted molar refractivity (Wildman–Crippen MR) is 72.1 cm³/mol. The second-order valence-electron chi connectivity index (χ2n) is 4.05. The summed E-state index contributed by atoms with van der Waals surface area (Å²) in [5.41, 5.74) is 6.19. The van der Waals surface area contributed by atoms with Crippen molar-refractivity contribution < 1.29 is 17.9 Å². The van der Waals surface area contributed by atoms with E-state index in [9.17, 15) is 13.2 Å². The molecule has 0 aromatic heterocycles. The highest BCUT2D eigenvalue weighted by Crippen LogP contribution is 2.21. The van der Waals surface area contributed by atoms with E-state index in [2.05, 4.69) is 11.3 Å². The van der Waals surface area contributed by atoms with E-state index in [4.69, 9.17) is 5.73 Å². The van der Waals surface area contributed by atoms with E-state index in [-0.39, 0.29) is 10.5 Å².